The van der Waals surface area contributed by atoms with Crippen molar-refractivity contribution in [3.8, 4) is 0 Å². The molecule has 1 N–H and O–H groups in total. The first kappa shape index (κ1) is 6.05. The van der Waals surface area contributed by atoms with E-state index in [1.54, 1.807) is 0 Å². The van der Waals surface area contributed by atoms with E-state index in [1.807, 2.05) is 0 Å². The number of hydrogen-bond acceptors (Lipinski definition) is 2. The van der Waals surface area contributed by atoms with Crippen LogP contribution in [-0.2, 0) is 4.74 Å². The lowest BCUT2D eigenvalue weighted by Gasteiger charge is -2.19. The van der Waals surface area contributed by atoms with Crippen molar-refractivity contribution in [1.82, 2.24) is 0 Å². The van der Waals surface area contributed by atoms with Crippen LogP contribution in [0.5, 0.6) is 0 Å². The Morgan fingerprint density at radius 1 is 1.75 bits per heavy atom. The van der Waals surface area contributed by atoms with E-state index in [4.69, 9.17) is 9.84 Å². The van der Waals surface area contributed by atoms with Crippen molar-refractivity contribution in [3.05, 3.63) is 6.42 Å². The average Bonchev–Trinajstić information content (AvgIpc) is 1.90. The first-order valence-electron chi connectivity index (χ1n) is 2.86. The summed E-state index contributed by atoms with van der Waals surface area (Å²) in [5, 5.41) is 8.53. The molecule has 1 fully saturated rings. The lowest BCUT2D eigenvalue weighted by atomic mass is 10.1. The van der Waals surface area contributed by atoms with Crippen molar-refractivity contribution in [2.24, 2.45) is 0 Å². The normalized spacial score (nSPS) is 30.4. The summed E-state index contributed by atoms with van der Waals surface area (Å²) in [5.41, 5.74) is 0. The van der Waals surface area contributed by atoms with E-state index in [0.717, 1.165) is 19.4 Å². The van der Waals surface area contributed by atoms with Crippen LogP contribution in [0.4, 0.5) is 0 Å². The van der Waals surface area contributed by atoms with Gasteiger partial charge in [0.05, 0.1) is 12.7 Å². The lowest BCUT2D eigenvalue weighted by molar-refractivity contribution is -0.00245. The molecular weight excluding hydrogens is 104 g/mol. The maximum Gasteiger partial charge on any atom is 0.0811 e. The fourth-order valence-electron chi connectivity index (χ4n) is 0.737. The van der Waals surface area contributed by atoms with Crippen LogP contribution in [0.15, 0.2) is 0 Å². The number of aliphatic hydroxyl groups excluding tert-OH is 1. The second-order valence-electron chi connectivity index (χ2n) is 1.88. The van der Waals surface area contributed by atoms with Gasteiger partial charge in [-0.3, -0.25) is 0 Å². The Kier molecular flexibility index (Phi) is 2.30. The van der Waals surface area contributed by atoms with Crippen molar-refractivity contribution >= 4 is 0 Å². The van der Waals surface area contributed by atoms with Gasteiger partial charge in [-0.1, -0.05) is 0 Å². The predicted octanol–water partition coefficient (Wildman–Crippen LogP) is 0.239. The smallest absolute Gasteiger partial charge is 0.0811 e. The van der Waals surface area contributed by atoms with Gasteiger partial charge in [-0.25, -0.2) is 0 Å². The monoisotopic (exact) mass is 114 g/mol. The number of aliphatic hydroxyl groups is 1. The van der Waals surface area contributed by atoms with E-state index in [9.17, 15) is 0 Å². The highest BCUT2D eigenvalue weighted by Gasteiger charge is 2.11. The zero-order valence-electron chi connectivity index (χ0n) is 4.76. The highest BCUT2D eigenvalue weighted by Crippen LogP contribution is 2.09. The minimum atomic E-state index is 0.0312. The highest BCUT2D eigenvalue weighted by molar-refractivity contribution is 4.75. The molecule has 2 radical (unpaired) electrons. The van der Waals surface area contributed by atoms with Crippen LogP contribution in [0.25, 0.3) is 0 Å². The quantitative estimate of drug-likeness (QED) is 0.529. The summed E-state index contributed by atoms with van der Waals surface area (Å²) in [7, 11) is 0. The van der Waals surface area contributed by atoms with Gasteiger partial charge in [0.15, 0.2) is 0 Å². The Balaban J connectivity index is 2.13. The van der Waals surface area contributed by atoms with Gasteiger partial charge in [0.2, 0.25) is 0 Å². The third-order valence-electron chi connectivity index (χ3n) is 1.21. The van der Waals surface area contributed by atoms with E-state index in [2.05, 4.69) is 6.42 Å². The van der Waals surface area contributed by atoms with Crippen LogP contribution in [0, 0.1) is 6.42 Å². The second-order valence-corrected chi connectivity index (χ2v) is 1.88. The molecule has 1 saturated heterocycles. The Morgan fingerprint density at radius 3 is 3.00 bits per heavy atom. The van der Waals surface area contributed by atoms with Crippen LogP contribution in [0.3, 0.4) is 0 Å². The Hall–Kier alpha value is -0.0800. The number of rotatable bonds is 1. The molecule has 0 spiro atoms. The molecule has 2 nitrogen and oxygen atoms in total. The maximum absolute atomic E-state index is 8.53. The zero-order chi connectivity index (χ0) is 5.82. The van der Waals surface area contributed by atoms with E-state index in [-0.39, 0.29) is 12.7 Å². The van der Waals surface area contributed by atoms with Gasteiger partial charge in [0.25, 0.3) is 0 Å². The second kappa shape index (κ2) is 3.05. The molecule has 1 atom stereocenters. The van der Waals surface area contributed by atoms with E-state index in [1.165, 1.54) is 0 Å². The molecule has 0 aromatic carbocycles. The molecule has 0 bridgehead atoms. The summed E-state index contributed by atoms with van der Waals surface area (Å²) in [6, 6.07) is 0. The molecule has 0 aromatic rings. The largest absolute Gasteiger partial charge is 0.394 e. The summed E-state index contributed by atoms with van der Waals surface area (Å²) in [6.07, 6.45) is 4.83. The fourth-order valence-corrected chi connectivity index (χ4v) is 0.737. The molecule has 1 unspecified atom stereocenters. The van der Waals surface area contributed by atoms with Crippen LogP contribution >= 0.6 is 0 Å². The van der Waals surface area contributed by atoms with Gasteiger partial charge in [-0.05, 0) is 19.3 Å². The minimum absolute atomic E-state index is 0.0312. The van der Waals surface area contributed by atoms with Gasteiger partial charge in [0, 0.05) is 6.61 Å². The molecule has 1 aliphatic rings. The number of ether oxygens (including phenoxy) is 1. The first-order chi connectivity index (χ1) is 3.93. The Bertz CT molecular complexity index is 57.5. The SMILES string of the molecule is OCC1C[C]CCO1. The predicted molar refractivity (Wildman–Crippen MR) is 29.3 cm³/mol. The molecule has 1 heterocycles. The Morgan fingerprint density at radius 2 is 2.62 bits per heavy atom. The first-order valence-corrected chi connectivity index (χ1v) is 2.86. The van der Waals surface area contributed by atoms with Gasteiger partial charge in [-0.15, -0.1) is 0 Å². The average molecular weight is 114 g/mol. The molecule has 1 aliphatic heterocycles. The molecule has 0 aromatic heterocycles. The third kappa shape index (κ3) is 1.46. The molecular formula is C6H10O2. The minimum Gasteiger partial charge on any atom is -0.394 e. The van der Waals surface area contributed by atoms with E-state index in [0.29, 0.717) is 0 Å². The van der Waals surface area contributed by atoms with Gasteiger partial charge < -0.3 is 9.84 Å². The molecule has 1 rings (SSSR count). The van der Waals surface area contributed by atoms with Crippen LogP contribution in [0.2, 0.25) is 0 Å². The summed E-state index contributed by atoms with van der Waals surface area (Å²) < 4.78 is 5.11. The van der Waals surface area contributed by atoms with Crippen LogP contribution < -0.4 is 0 Å². The van der Waals surface area contributed by atoms with E-state index >= 15 is 0 Å². The highest BCUT2D eigenvalue weighted by atomic mass is 16.5. The zero-order valence-corrected chi connectivity index (χ0v) is 4.76. The standard InChI is InChI=1S/C6H10O2/c7-5-6-3-1-2-4-8-6/h6-7H,2-5H2. The van der Waals surface area contributed by atoms with Gasteiger partial charge in [-0.2, -0.15) is 0 Å². The number of hydrogen-bond donors (Lipinski definition) is 1. The summed E-state index contributed by atoms with van der Waals surface area (Å²) in [5.74, 6) is 0. The van der Waals surface area contributed by atoms with Crippen molar-refractivity contribution in [2.75, 3.05) is 13.2 Å². The van der Waals surface area contributed by atoms with Crippen molar-refractivity contribution in [1.29, 1.82) is 0 Å². The Labute approximate surface area is 49.5 Å². The summed E-state index contributed by atoms with van der Waals surface area (Å²) in [4.78, 5) is 0. The molecule has 8 heavy (non-hydrogen) atoms. The fraction of sp³-hybridized carbons (Fsp3) is 0.833. The molecule has 0 amide bonds. The summed E-state index contributed by atoms with van der Waals surface area (Å²) >= 11 is 0. The molecule has 0 aliphatic carbocycles. The topological polar surface area (TPSA) is 29.5 Å². The van der Waals surface area contributed by atoms with Gasteiger partial charge >= 0.3 is 0 Å². The summed E-state index contributed by atoms with van der Waals surface area (Å²) in [6.45, 7) is 0.859. The van der Waals surface area contributed by atoms with Crippen molar-refractivity contribution < 1.29 is 9.84 Å². The van der Waals surface area contributed by atoms with Gasteiger partial charge in [0.1, 0.15) is 0 Å². The van der Waals surface area contributed by atoms with Crippen molar-refractivity contribution in [3.63, 3.8) is 0 Å². The third-order valence-corrected chi connectivity index (χ3v) is 1.21. The lowest BCUT2D eigenvalue weighted by Crippen LogP contribution is -2.22. The maximum atomic E-state index is 8.53. The molecule has 0 saturated carbocycles. The molecule has 46 valence electrons. The van der Waals surface area contributed by atoms with Crippen LogP contribution in [0.1, 0.15) is 12.8 Å². The van der Waals surface area contributed by atoms with E-state index < -0.39 is 0 Å². The molecule has 2 heteroatoms. The van der Waals surface area contributed by atoms with Crippen molar-refractivity contribution in [2.45, 2.75) is 18.9 Å². The van der Waals surface area contributed by atoms with Crippen LogP contribution in [-0.4, -0.2) is 24.4 Å².